The minimum Gasteiger partial charge on any atom is -0.354 e. The van der Waals surface area contributed by atoms with Gasteiger partial charge in [-0.05, 0) is 36.8 Å². The maximum absolute atomic E-state index is 14.1. The highest BCUT2D eigenvalue weighted by molar-refractivity contribution is 5.98. The molecule has 2 aromatic rings. The molecule has 4 rings (SSSR count). The van der Waals surface area contributed by atoms with Gasteiger partial charge in [-0.3, -0.25) is 19.3 Å². The van der Waals surface area contributed by atoms with Crippen LogP contribution in [0.15, 0.2) is 48.5 Å². The van der Waals surface area contributed by atoms with E-state index in [-0.39, 0.29) is 49.6 Å². The van der Waals surface area contributed by atoms with Crippen LogP contribution in [0.2, 0.25) is 0 Å². The zero-order valence-corrected chi connectivity index (χ0v) is 18.9. The van der Waals surface area contributed by atoms with Crippen LogP contribution in [0.4, 0.5) is 8.78 Å². The molecule has 0 saturated carbocycles. The summed E-state index contributed by atoms with van der Waals surface area (Å²) in [6.45, 7) is 2.80. The Morgan fingerprint density at radius 3 is 2.47 bits per heavy atom. The Morgan fingerprint density at radius 2 is 1.79 bits per heavy atom. The predicted molar refractivity (Wildman–Crippen MR) is 120 cm³/mol. The number of nitrogens with zero attached hydrogens (tertiary/aromatic N) is 2. The van der Waals surface area contributed by atoms with Crippen LogP contribution in [0.25, 0.3) is 0 Å². The Bertz CT molecular complexity index is 1090. The molecular weight excluding hydrogens is 444 g/mol. The van der Waals surface area contributed by atoms with Crippen LogP contribution >= 0.6 is 0 Å². The normalized spacial score (nSPS) is 19.3. The summed E-state index contributed by atoms with van der Waals surface area (Å²) in [5.74, 6) is -2.44. The molecule has 0 bridgehead atoms. The van der Waals surface area contributed by atoms with E-state index in [0.717, 1.165) is 12.5 Å². The van der Waals surface area contributed by atoms with Gasteiger partial charge in [0.15, 0.2) is 0 Å². The second-order valence-corrected chi connectivity index (χ2v) is 8.52. The standard InChI is InChI=1S/C25H27F2N3O4/c1-2-12-28-22(31)21-16-34-25(30(21)23(32)17-6-5-7-18(26)15-17)10-13-29(14-11-25)24(33)19-8-3-4-9-20(19)27/h3-9,15,21H,2,10-14,16H2,1H3,(H,28,31). The number of hydrogen-bond donors (Lipinski definition) is 1. The molecule has 0 radical (unpaired) electrons. The summed E-state index contributed by atoms with van der Waals surface area (Å²) >= 11 is 0. The fraction of sp³-hybridized carbons (Fsp3) is 0.400. The average molecular weight is 472 g/mol. The van der Waals surface area contributed by atoms with E-state index >= 15 is 0 Å². The van der Waals surface area contributed by atoms with Crippen molar-refractivity contribution in [1.29, 1.82) is 0 Å². The molecule has 3 amide bonds. The van der Waals surface area contributed by atoms with Crippen LogP contribution in [-0.4, -0.2) is 65.5 Å². The summed E-state index contributed by atoms with van der Waals surface area (Å²) in [5, 5.41) is 2.81. The number of piperidine rings is 1. The molecule has 1 atom stereocenters. The number of amides is 3. The van der Waals surface area contributed by atoms with Crippen molar-refractivity contribution in [2.75, 3.05) is 26.2 Å². The summed E-state index contributed by atoms with van der Waals surface area (Å²) < 4.78 is 34.0. The van der Waals surface area contributed by atoms with Crippen molar-refractivity contribution in [3.05, 3.63) is 71.3 Å². The largest absolute Gasteiger partial charge is 0.354 e. The van der Waals surface area contributed by atoms with Crippen molar-refractivity contribution in [3.8, 4) is 0 Å². The quantitative estimate of drug-likeness (QED) is 0.727. The van der Waals surface area contributed by atoms with Crippen molar-refractivity contribution in [2.24, 2.45) is 0 Å². The molecule has 1 spiro atoms. The van der Waals surface area contributed by atoms with Crippen LogP contribution in [0.5, 0.6) is 0 Å². The fourth-order valence-corrected chi connectivity index (χ4v) is 4.56. The van der Waals surface area contributed by atoms with E-state index in [0.29, 0.717) is 6.54 Å². The lowest BCUT2D eigenvalue weighted by Crippen LogP contribution is -2.59. The maximum atomic E-state index is 14.1. The summed E-state index contributed by atoms with van der Waals surface area (Å²) in [6.07, 6.45) is 1.22. The van der Waals surface area contributed by atoms with Crippen LogP contribution in [-0.2, 0) is 9.53 Å². The third kappa shape index (κ3) is 4.52. The lowest BCUT2D eigenvalue weighted by Gasteiger charge is -2.44. The lowest BCUT2D eigenvalue weighted by molar-refractivity contribution is -0.128. The summed E-state index contributed by atoms with van der Waals surface area (Å²) in [5.41, 5.74) is -1.03. The molecule has 2 aromatic carbocycles. The molecule has 1 N–H and O–H groups in total. The van der Waals surface area contributed by atoms with Crippen molar-refractivity contribution in [1.82, 2.24) is 15.1 Å². The van der Waals surface area contributed by atoms with E-state index < -0.39 is 35.2 Å². The molecule has 2 fully saturated rings. The Morgan fingerprint density at radius 1 is 1.06 bits per heavy atom. The number of carbonyl (C=O) groups is 3. The minimum atomic E-state index is -1.12. The van der Waals surface area contributed by atoms with E-state index in [4.69, 9.17) is 4.74 Å². The second kappa shape index (κ2) is 9.89. The third-order valence-corrected chi connectivity index (χ3v) is 6.34. The van der Waals surface area contributed by atoms with Gasteiger partial charge < -0.3 is 15.0 Å². The van der Waals surface area contributed by atoms with Gasteiger partial charge >= 0.3 is 0 Å². The molecule has 2 saturated heterocycles. The van der Waals surface area contributed by atoms with Gasteiger partial charge in [0.2, 0.25) is 5.91 Å². The number of likely N-dealkylation sites (tertiary alicyclic amines) is 1. The van der Waals surface area contributed by atoms with Gasteiger partial charge in [0.1, 0.15) is 23.4 Å². The SMILES string of the molecule is CCCNC(=O)C1COC2(CCN(C(=O)c3ccccc3F)CC2)N1C(=O)c1cccc(F)c1. The second-order valence-electron chi connectivity index (χ2n) is 8.52. The number of benzene rings is 2. The molecule has 34 heavy (non-hydrogen) atoms. The summed E-state index contributed by atoms with van der Waals surface area (Å²) in [4.78, 5) is 42.1. The Labute approximate surface area is 196 Å². The molecular formula is C25H27F2N3O4. The van der Waals surface area contributed by atoms with E-state index in [2.05, 4.69) is 5.32 Å². The number of halogens is 2. The Balaban J connectivity index is 1.58. The number of hydrogen-bond acceptors (Lipinski definition) is 4. The summed E-state index contributed by atoms with van der Waals surface area (Å²) in [7, 11) is 0. The van der Waals surface area contributed by atoms with Crippen LogP contribution in [0.1, 0.15) is 46.9 Å². The highest BCUT2D eigenvalue weighted by Crippen LogP contribution is 2.39. The Hall–Kier alpha value is -3.33. The van der Waals surface area contributed by atoms with Crippen molar-refractivity contribution < 1.29 is 27.9 Å². The summed E-state index contributed by atoms with van der Waals surface area (Å²) in [6, 6.07) is 10.2. The first kappa shape index (κ1) is 23.8. The first-order valence-corrected chi connectivity index (χ1v) is 11.4. The molecule has 1 unspecified atom stereocenters. The van der Waals surface area contributed by atoms with E-state index in [1.54, 1.807) is 6.07 Å². The van der Waals surface area contributed by atoms with Gasteiger partial charge in [-0.2, -0.15) is 0 Å². The van der Waals surface area contributed by atoms with Crippen LogP contribution < -0.4 is 5.32 Å². The average Bonchev–Trinajstić information content (AvgIpc) is 3.21. The van der Waals surface area contributed by atoms with Gasteiger partial charge in [0.05, 0.1) is 12.2 Å². The Kier molecular flexibility index (Phi) is 6.92. The first-order valence-electron chi connectivity index (χ1n) is 11.4. The van der Waals surface area contributed by atoms with Crippen LogP contribution in [0.3, 0.4) is 0 Å². The monoisotopic (exact) mass is 471 g/mol. The number of rotatable bonds is 5. The zero-order chi connectivity index (χ0) is 24.3. The number of nitrogens with one attached hydrogen (secondary N) is 1. The van der Waals surface area contributed by atoms with Gasteiger partial charge in [-0.15, -0.1) is 0 Å². The first-order chi connectivity index (χ1) is 16.4. The van der Waals surface area contributed by atoms with E-state index in [1.165, 1.54) is 46.2 Å². The van der Waals surface area contributed by atoms with Crippen LogP contribution in [0, 0.1) is 11.6 Å². The minimum absolute atomic E-state index is 0.00212. The lowest BCUT2D eigenvalue weighted by atomic mass is 9.96. The fourth-order valence-electron chi connectivity index (χ4n) is 4.56. The molecule has 2 aliphatic rings. The van der Waals surface area contributed by atoms with Gasteiger partial charge in [-0.25, -0.2) is 8.78 Å². The topological polar surface area (TPSA) is 79.0 Å². The zero-order valence-electron chi connectivity index (χ0n) is 18.9. The predicted octanol–water partition coefficient (Wildman–Crippen LogP) is 2.96. The molecule has 0 aromatic heterocycles. The molecule has 9 heteroatoms. The molecule has 180 valence electrons. The van der Waals surface area contributed by atoms with Crippen molar-refractivity contribution in [2.45, 2.75) is 38.0 Å². The van der Waals surface area contributed by atoms with Crippen molar-refractivity contribution in [3.63, 3.8) is 0 Å². The highest BCUT2D eigenvalue weighted by atomic mass is 19.1. The maximum Gasteiger partial charge on any atom is 0.256 e. The molecule has 2 heterocycles. The third-order valence-electron chi connectivity index (χ3n) is 6.34. The van der Waals surface area contributed by atoms with Gasteiger partial charge in [0.25, 0.3) is 11.8 Å². The van der Waals surface area contributed by atoms with Gasteiger partial charge in [-0.1, -0.05) is 25.1 Å². The van der Waals surface area contributed by atoms with Gasteiger partial charge in [0, 0.05) is 38.0 Å². The van der Waals surface area contributed by atoms with Crippen molar-refractivity contribution >= 4 is 17.7 Å². The highest BCUT2D eigenvalue weighted by Gasteiger charge is 2.54. The number of ether oxygens (including phenoxy) is 1. The van der Waals surface area contributed by atoms with E-state index in [1.807, 2.05) is 6.92 Å². The smallest absolute Gasteiger partial charge is 0.256 e. The molecule has 0 aliphatic carbocycles. The number of carbonyl (C=O) groups excluding carboxylic acids is 3. The molecule has 7 nitrogen and oxygen atoms in total. The molecule has 2 aliphatic heterocycles. The van der Waals surface area contributed by atoms with E-state index in [9.17, 15) is 23.2 Å².